The first kappa shape index (κ1) is 29.0. The van der Waals surface area contributed by atoms with Crippen LogP contribution in [0.1, 0.15) is 13.8 Å². The Balaban J connectivity index is -0.000000120. The van der Waals surface area contributed by atoms with E-state index in [9.17, 15) is 26.3 Å². The average molecular weight is 340 g/mol. The number of alkyl halides is 6. The first-order valence-electron chi connectivity index (χ1n) is 6.01. The van der Waals surface area contributed by atoms with E-state index in [0.29, 0.717) is 14.4 Å². The number of rotatable bonds is 8. The van der Waals surface area contributed by atoms with Crippen molar-refractivity contribution in [1.82, 2.24) is 0 Å². The van der Waals surface area contributed by atoms with E-state index in [1.807, 2.05) is 0 Å². The van der Waals surface area contributed by atoms with Crippen LogP contribution in [0.5, 0.6) is 0 Å². The SMILES string of the molecule is C=CCOCC(C)(F)F.C=CCOCC(C)(F)F.CF.CF. The van der Waals surface area contributed by atoms with Crippen molar-refractivity contribution in [2.75, 3.05) is 40.8 Å². The molecular formula is C14H26F6O2. The van der Waals surface area contributed by atoms with Crippen LogP contribution in [0.3, 0.4) is 0 Å². The molecule has 0 aromatic carbocycles. The van der Waals surface area contributed by atoms with Crippen LogP contribution in [0.15, 0.2) is 25.3 Å². The molecule has 0 rings (SSSR count). The van der Waals surface area contributed by atoms with Crippen LogP contribution in [-0.4, -0.2) is 52.6 Å². The number of halogens is 6. The van der Waals surface area contributed by atoms with Crippen molar-refractivity contribution in [2.45, 2.75) is 25.7 Å². The van der Waals surface area contributed by atoms with Crippen LogP contribution in [0.25, 0.3) is 0 Å². The lowest BCUT2D eigenvalue weighted by molar-refractivity contribution is -0.0563. The number of hydrogen-bond donors (Lipinski definition) is 0. The maximum Gasteiger partial charge on any atom is 0.268 e. The first-order valence-corrected chi connectivity index (χ1v) is 6.01. The molecule has 0 bridgehead atoms. The summed E-state index contributed by atoms with van der Waals surface area (Å²) in [5, 5.41) is 0. The molecule has 2 nitrogen and oxygen atoms in total. The molecule has 0 aromatic rings. The standard InChI is InChI=1S/2C6H10F2O.2CH3F/c2*1-3-4-9-5-6(2,7)8;2*1-2/h2*3H,1,4-5H2,2H3;2*1H3. The zero-order valence-corrected chi connectivity index (χ0v) is 13.5. The summed E-state index contributed by atoms with van der Waals surface area (Å²) < 4.78 is 75.5. The smallest absolute Gasteiger partial charge is 0.268 e. The van der Waals surface area contributed by atoms with E-state index < -0.39 is 25.1 Å². The Kier molecular flexibility index (Phi) is 26.4. The van der Waals surface area contributed by atoms with Crippen molar-refractivity contribution >= 4 is 0 Å². The third-order valence-corrected chi connectivity index (χ3v) is 1.18. The van der Waals surface area contributed by atoms with Gasteiger partial charge in [0.15, 0.2) is 0 Å². The fraction of sp³-hybridized carbons (Fsp3) is 0.714. The number of ether oxygens (including phenoxy) is 2. The predicted octanol–water partition coefficient (Wildman–Crippen LogP) is 4.86. The highest BCUT2D eigenvalue weighted by Crippen LogP contribution is 2.11. The summed E-state index contributed by atoms with van der Waals surface area (Å²) in [4.78, 5) is 0. The zero-order valence-electron chi connectivity index (χ0n) is 13.5. The Morgan fingerprint density at radius 3 is 1.09 bits per heavy atom. The van der Waals surface area contributed by atoms with Gasteiger partial charge < -0.3 is 9.47 Å². The molecule has 8 heteroatoms. The monoisotopic (exact) mass is 340 g/mol. The summed E-state index contributed by atoms with van der Waals surface area (Å²) in [5.74, 6) is -5.44. The van der Waals surface area contributed by atoms with Crippen LogP contribution in [0, 0.1) is 0 Å². The summed E-state index contributed by atoms with van der Waals surface area (Å²) in [6.45, 7) is 7.56. The Labute approximate surface area is 128 Å². The van der Waals surface area contributed by atoms with E-state index in [1.54, 1.807) is 0 Å². The summed E-state index contributed by atoms with van der Waals surface area (Å²) >= 11 is 0. The van der Waals surface area contributed by atoms with Gasteiger partial charge in [0.1, 0.15) is 13.2 Å². The largest absolute Gasteiger partial charge is 0.371 e. The lowest BCUT2D eigenvalue weighted by Gasteiger charge is -2.08. The number of hydrogen-bond acceptors (Lipinski definition) is 2. The normalized spacial score (nSPS) is 9.91. The summed E-state index contributed by atoms with van der Waals surface area (Å²) in [6, 6.07) is 0. The molecule has 0 aliphatic rings. The van der Waals surface area contributed by atoms with Gasteiger partial charge >= 0.3 is 0 Å². The molecule has 0 atom stereocenters. The highest BCUT2D eigenvalue weighted by Gasteiger charge is 2.20. The fourth-order valence-electron chi connectivity index (χ4n) is 0.643. The third-order valence-electron chi connectivity index (χ3n) is 1.18. The van der Waals surface area contributed by atoms with Gasteiger partial charge in [-0.1, -0.05) is 12.2 Å². The first-order chi connectivity index (χ1) is 10.1. The Bertz CT molecular complexity index is 200. The van der Waals surface area contributed by atoms with Crippen molar-refractivity contribution in [2.24, 2.45) is 0 Å². The molecule has 0 fully saturated rings. The molecule has 22 heavy (non-hydrogen) atoms. The summed E-state index contributed by atoms with van der Waals surface area (Å²) in [6.07, 6.45) is 2.87. The minimum absolute atomic E-state index is 0.184. The van der Waals surface area contributed by atoms with Crippen molar-refractivity contribution in [3.05, 3.63) is 25.3 Å². The van der Waals surface area contributed by atoms with E-state index >= 15 is 0 Å². The topological polar surface area (TPSA) is 18.5 Å². The maximum atomic E-state index is 11.9. The lowest BCUT2D eigenvalue weighted by atomic mass is 10.4. The average Bonchev–Trinajstić information content (AvgIpc) is 2.42. The quantitative estimate of drug-likeness (QED) is 0.357. The Hall–Kier alpha value is -1.02. The van der Waals surface area contributed by atoms with Crippen LogP contribution < -0.4 is 0 Å². The van der Waals surface area contributed by atoms with Gasteiger partial charge in [0.25, 0.3) is 11.8 Å². The van der Waals surface area contributed by atoms with Crippen LogP contribution in [-0.2, 0) is 9.47 Å². The third kappa shape index (κ3) is 50.9. The fourth-order valence-corrected chi connectivity index (χ4v) is 0.643. The molecule has 0 N–H and O–H groups in total. The second-order valence-electron chi connectivity index (χ2n) is 3.75. The predicted molar refractivity (Wildman–Crippen MR) is 77.3 cm³/mol. The Morgan fingerprint density at radius 1 is 0.727 bits per heavy atom. The van der Waals surface area contributed by atoms with Gasteiger partial charge in [0, 0.05) is 13.8 Å². The van der Waals surface area contributed by atoms with Gasteiger partial charge in [0.2, 0.25) is 0 Å². The van der Waals surface area contributed by atoms with Gasteiger partial charge in [-0.2, -0.15) is 0 Å². The molecule has 0 heterocycles. The summed E-state index contributed by atoms with van der Waals surface area (Å²) in [7, 11) is 1.00. The van der Waals surface area contributed by atoms with E-state index in [1.165, 1.54) is 12.2 Å². The minimum Gasteiger partial charge on any atom is -0.371 e. The van der Waals surface area contributed by atoms with E-state index in [0.717, 1.165) is 13.8 Å². The Morgan fingerprint density at radius 2 is 0.955 bits per heavy atom. The van der Waals surface area contributed by atoms with E-state index in [-0.39, 0.29) is 13.2 Å². The van der Waals surface area contributed by atoms with Gasteiger partial charge in [-0.3, -0.25) is 8.78 Å². The maximum absolute atomic E-state index is 11.9. The molecule has 0 amide bonds. The van der Waals surface area contributed by atoms with Crippen LogP contribution >= 0.6 is 0 Å². The van der Waals surface area contributed by atoms with Gasteiger partial charge in [0.05, 0.1) is 27.6 Å². The van der Waals surface area contributed by atoms with E-state index in [4.69, 9.17) is 0 Å². The molecule has 0 radical (unpaired) electrons. The van der Waals surface area contributed by atoms with Crippen molar-refractivity contribution in [3.8, 4) is 0 Å². The lowest BCUT2D eigenvalue weighted by Crippen LogP contribution is -2.18. The zero-order chi connectivity index (χ0) is 18.7. The molecule has 0 spiro atoms. The second kappa shape index (κ2) is 20.0. The molecule has 0 aliphatic carbocycles. The van der Waals surface area contributed by atoms with E-state index in [2.05, 4.69) is 22.6 Å². The molecule has 0 unspecified atom stereocenters. The molecule has 0 saturated carbocycles. The minimum atomic E-state index is -2.72. The van der Waals surface area contributed by atoms with Crippen LogP contribution in [0.2, 0.25) is 0 Å². The van der Waals surface area contributed by atoms with Crippen molar-refractivity contribution < 1.29 is 35.8 Å². The molecular weight excluding hydrogens is 314 g/mol. The van der Waals surface area contributed by atoms with Gasteiger partial charge in [-0.15, -0.1) is 13.2 Å². The summed E-state index contributed by atoms with van der Waals surface area (Å²) in [5.41, 5.74) is 0. The second-order valence-corrected chi connectivity index (χ2v) is 3.75. The molecule has 136 valence electrons. The highest BCUT2D eigenvalue weighted by molar-refractivity contribution is 4.66. The van der Waals surface area contributed by atoms with Gasteiger partial charge in [-0.25, -0.2) is 17.6 Å². The molecule has 0 aliphatic heterocycles. The molecule has 0 saturated heterocycles. The highest BCUT2D eigenvalue weighted by atomic mass is 19.3. The van der Waals surface area contributed by atoms with Gasteiger partial charge in [-0.05, 0) is 0 Å². The molecule has 0 aromatic heterocycles. The van der Waals surface area contributed by atoms with Crippen LogP contribution in [0.4, 0.5) is 26.3 Å². The van der Waals surface area contributed by atoms with Crippen molar-refractivity contribution in [1.29, 1.82) is 0 Å². The van der Waals surface area contributed by atoms with Crippen molar-refractivity contribution in [3.63, 3.8) is 0 Å².